The molecule has 0 N–H and O–H groups in total. The third kappa shape index (κ3) is 5.33. The van der Waals surface area contributed by atoms with Crippen molar-refractivity contribution in [1.82, 2.24) is 9.97 Å². The maximum Gasteiger partial charge on any atom is 0.284 e. The van der Waals surface area contributed by atoms with Gasteiger partial charge in [-0.3, -0.25) is 0 Å². The first-order valence-electron chi connectivity index (χ1n) is 8.37. The summed E-state index contributed by atoms with van der Waals surface area (Å²) in [5.74, 6) is 0. The molecule has 2 heterocycles. The molecule has 0 saturated carbocycles. The number of fused-ring (bicyclic) bond motifs is 1. The minimum absolute atomic E-state index is 0.579. The van der Waals surface area contributed by atoms with Crippen molar-refractivity contribution in [2.75, 3.05) is 6.61 Å². The van der Waals surface area contributed by atoms with E-state index in [9.17, 15) is 0 Å². The summed E-state index contributed by atoms with van der Waals surface area (Å²) in [6.07, 6.45) is 7.13. The highest BCUT2D eigenvalue weighted by Gasteiger charge is 2.06. The summed E-state index contributed by atoms with van der Waals surface area (Å²) in [5.41, 5.74) is 2.82. The maximum atomic E-state index is 5.59. The van der Waals surface area contributed by atoms with E-state index in [0.717, 1.165) is 36.2 Å². The van der Waals surface area contributed by atoms with Gasteiger partial charge in [0.1, 0.15) is 5.52 Å². The molecule has 1 aromatic carbocycles. The molecule has 0 aliphatic heterocycles. The van der Waals surface area contributed by atoms with E-state index >= 15 is 0 Å². The van der Waals surface area contributed by atoms with Crippen LogP contribution in [0, 0.1) is 6.92 Å². The van der Waals surface area contributed by atoms with Gasteiger partial charge in [0.05, 0.1) is 23.7 Å². The fourth-order valence-electron chi connectivity index (χ4n) is 2.46. The lowest BCUT2D eigenvalue weighted by molar-refractivity contribution is 0.343. The fourth-order valence-corrected chi connectivity index (χ4v) is 3.84. The molecule has 0 aliphatic carbocycles. The quantitative estimate of drug-likeness (QED) is 0.336. The number of aryl methyl sites for hydroxylation is 2. The molecule has 0 bridgehead atoms. The van der Waals surface area contributed by atoms with Crippen LogP contribution in [0.1, 0.15) is 42.8 Å². The van der Waals surface area contributed by atoms with Gasteiger partial charge in [-0.15, -0.1) is 11.3 Å². The number of thiazole rings is 1. The first kappa shape index (κ1) is 17.5. The average Bonchev–Trinajstić information content (AvgIpc) is 3.18. The average molecular weight is 363 g/mol. The molecule has 4 nitrogen and oxygen atoms in total. The summed E-state index contributed by atoms with van der Waals surface area (Å²) >= 11 is 3.00. The van der Waals surface area contributed by atoms with Crippen LogP contribution in [0.3, 0.4) is 0 Å². The zero-order valence-electron chi connectivity index (χ0n) is 13.9. The number of rotatable bonds is 10. The van der Waals surface area contributed by atoms with Crippen molar-refractivity contribution in [1.29, 1.82) is 0 Å². The molecule has 0 atom stereocenters. The minimum atomic E-state index is 0.579. The zero-order chi connectivity index (χ0) is 16.6. The summed E-state index contributed by atoms with van der Waals surface area (Å²) in [6.45, 7) is 2.79. The molecule has 0 saturated heterocycles. The Bertz CT molecular complexity index is 721. The molecular weight excluding hydrogens is 340 g/mol. The summed E-state index contributed by atoms with van der Waals surface area (Å²) in [4.78, 5) is 8.86. The van der Waals surface area contributed by atoms with Gasteiger partial charge in [0.15, 0.2) is 5.58 Å². The number of hydrogen-bond donors (Lipinski definition) is 0. The van der Waals surface area contributed by atoms with E-state index in [4.69, 9.17) is 8.60 Å². The van der Waals surface area contributed by atoms with Gasteiger partial charge in [-0.05, 0) is 38.3 Å². The van der Waals surface area contributed by atoms with Gasteiger partial charge in [-0.2, -0.15) is 0 Å². The third-order valence-electron chi connectivity index (χ3n) is 3.69. The van der Waals surface area contributed by atoms with Crippen LogP contribution in [0.15, 0.2) is 39.3 Å². The zero-order valence-corrected chi connectivity index (χ0v) is 15.5. The van der Waals surface area contributed by atoms with Crippen molar-refractivity contribution >= 4 is 34.5 Å². The Morgan fingerprint density at radius 3 is 2.75 bits per heavy atom. The molecule has 24 heavy (non-hydrogen) atoms. The van der Waals surface area contributed by atoms with Crippen LogP contribution in [-0.2, 0) is 10.6 Å². The van der Waals surface area contributed by atoms with Crippen molar-refractivity contribution < 1.29 is 8.60 Å². The van der Waals surface area contributed by atoms with Crippen molar-refractivity contribution in [3.05, 3.63) is 40.3 Å². The molecule has 6 heteroatoms. The van der Waals surface area contributed by atoms with E-state index in [1.807, 2.05) is 24.3 Å². The van der Waals surface area contributed by atoms with Crippen LogP contribution in [0.4, 0.5) is 0 Å². The number of benzene rings is 1. The third-order valence-corrected chi connectivity index (χ3v) is 5.32. The second kappa shape index (κ2) is 9.20. The van der Waals surface area contributed by atoms with Gasteiger partial charge >= 0.3 is 0 Å². The highest BCUT2D eigenvalue weighted by Crippen LogP contribution is 2.24. The van der Waals surface area contributed by atoms with E-state index in [1.165, 1.54) is 42.7 Å². The number of aromatic nitrogens is 2. The molecule has 0 spiro atoms. The maximum absolute atomic E-state index is 5.59. The van der Waals surface area contributed by atoms with E-state index < -0.39 is 0 Å². The lowest BCUT2D eigenvalue weighted by Crippen LogP contribution is -1.89. The number of para-hydroxylation sites is 2. The largest absolute Gasteiger partial charge is 0.430 e. The van der Waals surface area contributed by atoms with Crippen molar-refractivity contribution in [2.45, 2.75) is 50.7 Å². The Morgan fingerprint density at radius 1 is 1.08 bits per heavy atom. The lowest BCUT2D eigenvalue weighted by Gasteiger charge is -2.01. The minimum Gasteiger partial charge on any atom is -0.430 e. The molecule has 0 amide bonds. The van der Waals surface area contributed by atoms with Crippen LogP contribution in [0.5, 0.6) is 0 Å². The van der Waals surface area contributed by atoms with Crippen LogP contribution < -0.4 is 0 Å². The summed E-state index contributed by atoms with van der Waals surface area (Å²) in [7, 11) is 0. The number of nitrogens with zero attached hydrogens (tertiary/aromatic N) is 2. The standard InChI is InChI=1S/C18H22N2O2S2/c1-14-13-23-17(19-14)11-5-3-2-4-8-12-21-24-18-20-15-9-6-7-10-16(15)22-18/h6-7,9-10,13H,2-5,8,11-12H2,1H3. The summed E-state index contributed by atoms with van der Waals surface area (Å²) in [6, 6.07) is 7.75. The first-order valence-corrected chi connectivity index (χ1v) is 9.99. The fraction of sp³-hybridized carbons (Fsp3) is 0.444. The Hall–Kier alpha value is -1.37. The van der Waals surface area contributed by atoms with Gasteiger partial charge in [0.2, 0.25) is 0 Å². The number of unbranched alkanes of at least 4 members (excludes halogenated alkanes) is 4. The van der Waals surface area contributed by atoms with Crippen molar-refractivity contribution in [2.24, 2.45) is 0 Å². The van der Waals surface area contributed by atoms with Gasteiger partial charge in [0.25, 0.3) is 5.22 Å². The van der Waals surface area contributed by atoms with Crippen LogP contribution >= 0.6 is 23.4 Å². The second-order valence-corrected chi connectivity index (χ2v) is 7.45. The second-order valence-electron chi connectivity index (χ2n) is 5.75. The van der Waals surface area contributed by atoms with E-state index in [2.05, 4.69) is 22.3 Å². The van der Waals surface area contributed by atoms with Crippen molar-refractivity contribution in [3.63, 3.8) is 0 Å². The highest BCUT2D eigenvalue weighted by molar-refractivity contribution is 7.94. The molecule has 0 unspecified atom stereocenters. The van der Waals surface area contributed by atoms with Crippen LogP contribution in [0.25, 0.3) is 11.1 Å². The molecular formula is C18H22N2O2S2. The smallest absolute Gasteiger partial charge is 0.284 e. The molecule has 0 radical (unpaired) electrons. The molecule has 2 aromatic heterocycles. The highest BCUT2D eigenvalue weighted by atomic mass is 32.2. The predicted octanol–water partition coefficient (Wildman–Crippen LogP) is 5.81. The normalized spacial score (nSPS) is 11.4. The Balaban J connectivity index is 1.21. The van der Waals surface area contributed by atoms with E-state index in [0.29, 0.717) is 5.22 Å². The van der Waals surface area contributed by atoms with Crippen molar-refractivity contribution in [3.8, 4) is 0 Å². The topological polar surface area (TPSA) is 48.2 Å². The molecule has 0 fully saturated rings. The lowest BCUT2D eigenvalue weighted by atomic mass is 10.1. The molecule has 3 aromatic rings. The van der Waals surface area contributed by atoms with E-state index in [1.54, 1.807) is 11.3 Å². The Labute approximate surface area is 150 Å². The van der Waals surface area contributed by atoms with Gasteiger partial charge in [-0.25, -0.2) is 9.97 Å². The van der Waals surface area contributed by atoms with Crippen LogP contribution in [-0.4, -0.2) is 16.6 Å². The molecule has 0 aliphatic rings. The summed E-state index contributed by atoms with van der Waals surface area (Å²) < 4.78 is 11.2. The molecule has 128 valence electrons. The van der Waals surface area contributed by atoms with Crippen LogP contribution in [0.2, 0.25) is 0 Å². The number of hydrogen-bond acceptors (Lipinski definition) is 6. The van der Waals surface area contributed by atoms with Gasteiger partial charge < -0.3 is 8.60 Å². The Kier molecular flexibility index (Phi) is 6.69. The van der Waals surface area contributed by atoms with Gasteiger partial charge in [-0.1, -0.05) is 31.4 Å². The predicted molar refractivity (Wildman–Crippen MR) is 99.5 cm³/mol. The summed E-state index contributed by atoms with van der Waals surface area (Å²) in [5, 5.41) is 3.97. The Morgan fingerprint density at radius 2 is 1.92 bits per heavy atom. The van der Waals surface area contributed by atoms with Gasteiger partial charge in [0, 0.05) is 11.1 Å². The molecule has 3 rings (SSSR count). The SMILES string of the molecule is Cc1csc(CCCCCCCOSc2nc3ccccc3o2)n1. The number of oxazole rings is 1. The monoisotopic (exact) mass is 362 g/mol. The van der Waals surface area contributed by atoms with E-state index in [-0.39, 0.29) is 0 Å². The first-order chi connectivity index (χ1) is 11.8.